The highest BCUT2D eigenvalue weighted by Crippen LogP contribution is 2.27. The summed E-state index contributed by atoms with van der Waals surface area (Å²) in [5.41, 5.74) is 2.20. The Hall–Kier alpha value is -3.46. The second kappa shape index (κ2) is 11.7. The molecule has 0 atom stereocenters. The number of piperidine rings is 1. The maximum Gasteiger partial charge on any atom is 0.232 e. The maximum absolute atomic E-state index is 13.2. The quantitative estimate of drug-likeness (QED) is 0.456. The molecule has 9 heteroatoms. The standard InChI is InChI=1S/C28H34FN7S/c1-21-11-13-35(14-12-21)25-19-26(36-17-15-34(16-18-36)24-5-3-2-4-6-24)32-27(31-25)33-28(37)30-20-22-7-9-23(29)10-8-22/h2-10,19,21H,11-18,20H2,1H3,(H2,30,31,32,33,37). The van der Waals surface area contributed by atoms with Crippen LogP contribution in [0.5, 0.6) is 0 Å². The van der Waals surface area contributed by atoms with E-state index in [1.54, 1.807) is 12.1 Å². The van der Waals surface area contributed by atoms with E-state index < -0.39 is 0 Å². The molecule has 2 aliphatic heterocycles. The second-order valence-corrected chi connectivity index (χ2v) is 10.2. The van der Waals surface area contributed by atoms with Crippen LogP contribution in [0.2, 0.25) is 0 Å². The minimum absolute atomic E-state index is 0.251. The molecule has 1 aromatic heterocycles. The van der Waals surface area contributed by atoms with Gasteiger partial charge in [-0.25, -0.2) is 4.39 Å². The first-order valence-corrected chi connectivity index (χ1v) is 13.4. The summed E-state index contributed by atoms with van der Waals surface area (Å²) in [4.78, 5) is 16.8. The van der Waals surface area contributed by atoms with Gasteiger partial charge < -0.3 is 25.3 Å². The molecule has 2 N–H and O–H groups in total. The molecule has 0 amide bonds. The van der Waals surface area contributed by atoms with Crippen LogP contribution in [0, 0.1) is 11.7 Å². The molecule has 7 nitrogen and oxygen atoms in total. The average Bonchev–Trinajstić information content (AvgIpc) is 2.93. The minimum atomic E-state index is -0.251. The molecule has 2 aromatic carbocycles. The molecule has 194 valence electrons. The number of thiocarbonyl (C=S) groups is 1. The SMILES string of the molecule is CC1CCN(c2cc(N3CCN(c4ccccc4)CC3)nc(NC(=S)NCc3ccc(F)cc3)n2)CC1. The number of hydrogen-bond acceptors (Lipinski definition) is 6. The van der Waals surface area contributed by atoms with E-state index in [1.165, 1.54) is 17.8 Å². The fourth-order valence-electron chi connectivity index (χ4n) is 4.80. The van der Waals surface area contributed by atoms with Crippen LogP contribution >= 0.6 is 12.2 Å². The molecule has 0 aliphatic carbocycles. The Morgan fingerprint density at radius 2 is 1.46 bits per heavy atom. The summed E-state index contributed by atoms with van der Waals surface area (Å²) >= 11 is 5.54. The third kappa shape index (κ3) is 6.65. The zero-order valence-electron chi connectivity index (χ0n) is 21.2. The molecule has 37 heavy (non-hydrogen) atoms. The van der Waals surface area contributed by atoms with Crippen molar-refractivity contribution < 1.29 is 4.39 Å². The Balaban J connectivity index is 1.29. The van der Waals surface area contributed by atoms with Crippen LogP contribution in [0.1, 0.15) is 25.3 Å². The van der Waals surface area contributed by atoms with E-state index in [1.807, 2.05) is 0 Å². The molecular weight excluding hydrogens is 485 g/mol. The predicted octanol–water partition coefficient (Wildman–Crippen LogP) is 4.67. The molecule has 0 bridgehead atoms. The van der Waals surface area contributed by atoms with Crippen molar-refractivity contribution in [1.29, 1.82) is 0 Å². The van der Waals surface area contributed by atoms with Crippen LogP contribution in [0.4, 0.5) is 27.7 Å². The highest BCUT2D eigenvalue weighted by atomic mass is 32.1. The van der Waals surface area contributed by atoms with Crippen LogP contribution in [0.15, 0.2) is 60.7 Å². The van der Waals surface area contributed by atoms with Crippen LogP contribution in [0.3, 0.4) is 0 Å². The van der Waals surface area contributed by atoms with Crippen molar-refractivity contribution in [1.82, 2.24) is 15.3 Å². The van der Waals surface area contributed by atoms with Gasteiger partial charge in [-0.3, -0.25) is 0 Å². The Bertz CT molecular complexity index is 1170. The lowest BCUT2D eigenvalue weighted by atomic mass is 9.99. The van der Waals surface area contributed by atoms with Gasteiger partial charge in [-0.1, -0.05) is 37.3 Å². The summed E-state index contributed by atoms with van der Waals surface area (Å²) in [6.07, 6.45) is 2.32. The van der Waals surface area contributed by atoms with Gasteiger partial charge >= 0.3 is 0 Å². The summed E-state index contributed by atoms with van der Waals surface area (Å²) in [7, 11) is 0. The number of benzene rings is 2. The van der Waals surface area contributed by atoms with Crippen molar-refractivity contribution in [3.8, 4) is 0 Å². The molecule has 2 saturated heterocycles. The third-order valence-electron chi connectivity index (χ3n) is 7.12. The van der Waals surface area contributed by atoms with Gasteiger partial charge in [0, 0.05) is 57.6 Å². The van der Waals surface area contributed by atoms with Crippen molar-refractivity contribution >= 4 is 40.6 Å². The van der Waals surface area contributed by atoms with Gasteiger partial charge in [0.1, 0.15) is 17.5 Å². The Morgan fingerprint density at radius 3 is 2.11 bits per heavy atom. The lowest BCUT2D eigenvalue weighted by Crippen LogP contribution is -2.47. The molecule has 5 rings (SSSR count). The highest BCUT2D eigenvalue weighted by Gasteiger charge is 2.23. The number of halogens is 1. The van der Waals surface area contributed by atoms with Gasteiger partial charge in [-0.2, -0.15) is 9.97 Å². The van der Waals surface area contributed by atoms with E-state index in [2.05, 4.69) is 68.7 Å². The molecule has 0 radical (unpaired) electrons. The summed E-state index contributed by atoms with van der Waals surface area (Å²) in [5.74, 6) is 2.84. The van der Waals surface area contributed by atoms with Crippen molar-refractivity contribution in [2.24, 2.45) is 5.92 Å². The van der Waals surface area contributed by atoms with E-state index >= 15 is 0 Å². The monoisotopic (exact) mass is 519 g/mol. The molecular formula is C28H34FN7S. The van der Waals surface area contributed by atoms with Crippen LogP contribution in [-0.2, 0) is 6.54 Å². The maximum atomic E-state index is 13.2. The van der Waals surface area contributed by atoms with Gasteiger partial charge in [0.25, 0.3) is 0 Å². The number of anilines is 4. The lowest BCUT2D eigenvalue weighted by Gasteiger charge is -2.37. The predicted molar refractivity (Wildman–Crippen MR) is 153 cm³/mol. The normalized spacial score (nSPS) is 16.5. The van der Waals surface area contributed by atoms with Crippen molar-refractivity contribution in [3.05, 3.63) is 72.0 Å². The molecule has 0 unspecified atom stereocenters. The van der Waals surface area contributed by atoms with E-state index in [0.29, 0.717) is 17.6 Å². The number of rotatable bonds is 6. The number of para-hydroxylation sites is 1. The summed E-state index contributed by atoms with van der Waals surface area (Å²) < 4.78 is 13.2. The van der Waals surface area contributed by atoms with Crippen LogP contribution < -0.4 is 25.3 Å². The number of nitrogens with one attached hydrogen (secondary N) is 2. The largest absolute Gasteiger partial charge is 0.368 e. The van der Waals surface area contributed by atoms with E-state index in [-0.39, 0.29) is 5.82 Å². The smallest absolute Gasteiger partial charge is 0.232 e. The lowest BCUT2D eigenvalue weighted by molar-refractivity contribution is 0.436. The number of aromatic nitrogens is 2. The van der Waals surface area contributed by atoms with Crippen molar-refractivity contribution in [2.75, 3.05) is 59.3 Å². The van der Waals surface area contributed by atoms with E-state index in [9.17, 15) is 4.39 Å². The van der Waals surface area contributed by atoms with Gasteiger partial charge in [-0.05, 0) is 60.8 Å². The molecule has 3 aromatic rings. The molecule has 0 saturated carbocycles. The molecule has 2 fully saturated rings. The van der Waals surface area contributed by atoms with Gasteiger partial charge in [0.2, 0.25) is 5.95 Å². The van der Waals surface area contributed by atoms with Gasteiger partial charge in [0.05, 0.1) is 0 Å². The Morgan fingerprint density at radius 1 is 0.865 bits per heavy atom. The first-order chi connectivity index (χ1) is 18.0. The number of nitrogens with zero attached hydrogens (tertiary/aromatic N) is 5. The fourth-order valence-corrected chi connectivity index (χ4v) is 4.97. The van der Waals surface area contributed by atoms with Crippen LogP contribution in [-0.4, -0.2) is 54.3 Å². The second-order valence-electron chi connectivity index (χ2n) is 9.82. The Kier molecular flexibility index (Phi) is 7.99. The summed E-state index contributed by atoms with van der Waals surface area (Å²) in [6, 6.07) is 19.1. The Labute approximate surface area is 223 Å². The topological polar surface area (TPSA) is 59.6 Å². The highest BCUT2D eigenvalue weighted by molar-refractivity contribution is 7.80. The zero-order chi connectivity index (χ0) is 25.6. The average molecular weight is 520 g/mol. The number of piperazine rings is 1. The van der Waals surface area contributed by atoms with Crippen molar-refractivity contribution in [3.63, 3.8) is 0 Å². The minimum Gasteiger partial charge on any atom is -0.368 e. The third-order valence-corrected chi connectivity index (χ3v) is 7.37. The fraction of sp³-hybridized carbons (Fsp3) is 0.393. The van der Waals surface area contributed by atoms with Gasteiger partial charge in [0.15, 0.2) is 5.11 Å². The zero-order valence-corrected chi connectivity index (χ0v) is 22.1. The van der Waals surface area contributed by atoms with Crippen LogP contribution in [0.25, 0.3) is 0 Å². The van der Waals surface area contributed by atoms with Gasteiger partial charge in [-0.15, -0.1) is 0 Å². The van der Waals surface area contributed by atoms with Crippen molar-refractivity contribution in [2.45, 2.75) is 26.3 Å². The number of hydrogen-bond donors (Lipinski definition) is 2. The summed E-state index contributed by atoms with van der Waals surface area (Å²) in [6.45, 7) is 8.43. The molecule has 0 spiro atoms. The molecule has 2 aliphatic rings. The first kappa shape index (κ1) is 25.2. The van der Waals surface area contributed by atoms with E-state index in [0.717, 1.165) is 75.2 Å². The molecule has 3 heterocycles. The first-order valence-electron chi connectivity index (χ1n) is 13.0. The summed E-state index contributed by atoms with van der Waals surface area (Å²) in [5, 5.41) is 6.80. The van der Waals surface area contributed by atoms with E-state index in [4.69, 9.17) is 22.2 Å².